The van der Waals surface area contributed by atoms with Crippen LogP contribution >= 0.6 is 11.3 Å². The van der Waals surface area contributed by atoms with E-state index in [0.717, 1.165) is 69.7 Å². The lowest BCUT2D eigenvalue weighted by Gasteiger charge is -2.37. The highest BCUT2D eigenvalue weighted by atomic mass is 32.1. The molecule has 0 saturated carbocycles. The Morgan fingerprint density at radius 3 is 2.69 bits per heavy atom. The highest BCUT2D eigenvalue weighted by Gasteiger charge is 2.30. The van der Waals surface area contributed by atoms with Gasteiger partial charge in [0.15, 0.2) is 0 Å². The lowest BCUT2D eigenvalue weighted by atomic mass is 9.95. The fraction of sp³-hybridized carbons (Fsp3) is 0.542. The van der Waals surface area contributed by atoms with Crippen LogP contribution in [0.5, 0.6) is 0 Å². The van der Waals surface area contributed by atoms with Gasteiger partial charge >= 0.3 is 5.97 Å². The lowest BCUT2D eigenvalue weighted by Crippen LogP contribution is -2.52. The number of carbonyl (C=O) groups is 2. The van der Waals surface area contributed by atoms with Gasteiger partial charge in [-0.3, -0.25) is 19.6 Å². The topological polar surface area (TPSA) is 74.8 Å². The second kappa shape index (κ2) is 10.6. The number of anilines is 1. The first kappa shape index (κ1) is 22.9. The number of esters is 1. The van der Waals surface area contributed by atoms with Crippen molar-refractivity contribution in [2.24, 2.45) is 0 Å². The molecule has 172 valence electrons. The van der Waals surface area contributed by atoms with Crippen molar-refractivity contribution in [3.8, 4) is 0 Å². The first-order valence-corrected chi connectivity index (χ1v) is 12.4. The number of hydrogen-bond donors (Lipinski definition) is 1. The molecule has 2 aliphatic rings. The molecule has 0 radical (unpaired) electrons. The van der Waals surface area contributed by atoms with Gasteiger partial charge in [-0.1, -0.05) is 6.07 Å². The molecule has 2 aromatic rings. The molecule has 0 aromatic carbocycles. The van der Waals surface area contributed by atoms with Crippen molar-refractivity contribution in [2.75, 3.05) is 38.1 Å². The number of ether oxygens (including phenoxy) is 1. The number of piperazine rings is 1. The summed E-state index contributed by atoms with van der Waals surface area (Å²) in [5.41, 5.74) is 2.72. The van der Waals surface area contributed by atoms with Crippen molar-refractivity contribution in [3.05, 3.63) is 46.1 Å². The number of nitrogens with one attached hydrogen (secondary N) is 1. The minimum Gasteiger partial charge on any atom is -0.462 e. The average molecular weight is 457 g/mol. The molecule has 4 rings (SSSR count). The first-order chi connectivity index (χ1) is 15.6. The third-order valence-electron chi connectivity index (χ3n) is 6.33. The number of fused-ring (bicyclic) bond motifs is 1. The van der Waals surface area contributed by atoms with Crippen LogP contribution in [0.1, 0.15) is 53.2 Å². The summed E-state index contributed by atoms with van der Waals surface area (Å²) in [5.74, 6) is -0.384. The third kappa shape index (κ3) is 5.19. The second-order valence-corrected chi connectivity index (χ2v) is 9.54. The van der Waals surface area contributed by atoms with Crippen molar-refractivity contribution in [3.63, 3.8) is 0 Å². The summed E-state index contributed by atoms with van der Waals surface area (Å²) in [5, 5.41) is 3.72. The standard InChI is InChI=1S/C24H32N4O3S/c1-3-31-24(30)21-19-9-4-5-10-20(19)32-23(21)26-22(29)17(2)28-14-12-27(13-15-28)16-18-8-6-7-11-25-18/h6-8,11,17H,3-5,9-10,12-16H2,1-2H3,(H,26,29). The Hall–Kier alpha value is -2.29. The van der Waals surface area contributed by atoms with Gasteiger partial charge in [-0.15, -0.1) is 11.3 Å². The Morgan fingerprint density at radius 2 is 1.97 bits per heavy atom. The number of amides is 1. The van der Waals surface area contributed by atoms with Gasteiger partial charge in [0.25, 0.3) is 0 Å². The number of thiophene rings is 1. The van der Waals surface area contributed by atoms with Crippen LogP contribution in [0.15, 0.2) is 24.4 Å². The lowest BCUT2D eigenvalue weighted by molar-refractivity contribution is -0.121. The Kier molecular flexibility index (Phi) is 7.55. The summed E-state index contributed by atoms with van der Waals surface area (Å²) in [6.07, 6.45) is 5.87. The van der Waals surface area contributed by atoms with E-state index in [1.54, 1.807) is 11.3 Å². The number of hydrogen-bond acceptors (Lipinski definition) is 7. The van der Waals surface area contributed by atoms with E-state index in [9.17, 15) is 9.59 Å². The van der Waals surface area contributed by atoms with E-state index < -0.39 is 0 Å². The van der Waals surface area contributed by atoms with Crippen LogP contribution in [-0.2, 0) is 28.9 Å². The number of rotatable bonds is 7. The van der Waals surface area contributed by atoms with E-state index in [2.05, 4.69) is 20.1 Å². The smallest absolute Gasteiger partial charge is 0.341 e. The van der Waals surface area contributed by atoms with Crippen LogP contribution in [0.2, 0.25) is 0 Å². The molecule has 1 aliphatic heterocycles. The molecule has 1 amide bonds. The average Bonchev–Trinajstić information content (AvgIpc) is 3.18. The van der Waals surface area contributed by atoms with E-state index in [0.29, 0.717) is 17.2 Å². The zero-order valence-corrected chi connectivity index (χ0v) is 19.7. The van der Waals surface area contributed by atoms with Crippen LogP contribution in [-0.4, -0.2) is 65.5 Å². The Balaban J connectivity index is 1.38. The number of nitrogens with zero attached hydrogens (tertiary/aromatic N) is 3. The van der Waals surface area contributed by atoms with Gasteiger partial charge < -0.3 is 10.1 Å². The molecule has 1 atom stereocenters. The van der Waals surface area contributed by atoms with Crippen molar-refractivity contribution in [2.45, 2.75) is 52.1 Å². The molecule has 32 heavy (non-hydrogen) atoms. The van der Waals surface area contributed by atoms with Crippen molar-refractivity contribution >= 4 is 28.2 Å². The summed E-state index contributed by atoms with van der Waals surface area (Å²) >= 11 is 1.54. The Bertz CT molecular complexity index is 938. The van der Waals surface area contributed by atoms with E-state index in [1.165, 1.54) is 4.88 Å². The monoisotopic (exact) mass is 456 g/mol. The maximum Gasteiger partial charge on any atom is 0.341 e. The number of aromatic nitrogens is 1. The van der Waals surface area contributed by atoms with Crippen molar-refractivity contribution in [1.82, 2.24) is 14.8 Å². The SMILES string of the molecule is CCOC(=O)c1c(NC(=O)C(C)N2CCN(Cc3ccccn3)CC2)sc2c1CCCC2. The van der Waals surface area contributed by atoms with Gasteiger partial charge in [0.05, 0.1) is 23.9 Å². The minimum atomic E-state index is -0.321. The normalized spacial score (nSPS) is 18.1. The molecule has 0 bridgehead atoms. The van der Waals surface area contributed by atoms with E-state index in [4.69, 9.17) is 4.74 Å². The van der Waals surface area contributed by atoms with Gasteiger partial charge in [0, 0.05) is 43.8 Å². The molecular weight excluding hydrogens is 424 g/mol. The highest BCUT2D eigenvalue weighted by molar-refractivity contribution is 7.17. The van der Waals surface area contributed by atoms with Gasteiger partial charge in [-0.05, 0) is 57.2 Å². The molecular formula is C24H32N4O3S. The van der Waals surface area contributed by atoms with E-state index in [-0.39, 0.29) is 17.9 Å². The molecule has 1 aliphatic carbocycles. The zero-order valence-electron chi connectivity index (χ0n) is 18.9. The summed E-state index contributed by atoms with van der Waals surface area (Å²) in [6.45, 7) is 8.37. The quantitative estimate of drug-likeness (QED) is 0.644. The molecule has 2 aromatic heterocycles. The fourth-order valence-electron chi connectivity index (χ4n) is 4.48. The third-order valence-corrected chi connectivity index (χ3v) is 7.54. The second-order valence-electron chi connectivity index (χ2n) is 8.43. The van der Waals surface area contributed by atoms with Crippen LogP contribution in [0.25, 0.3) is 0 Å². The first-order valence-electron chi connectivity index (χ1n) is 11.6. The van der Waals surface area contributed by atoms with Crippen molar-refractivity contribution in [1.29, 1.82) is 0 Å². The molecule has 1 fully saturated rings. The predicted molar refractivity (Wildman–Crippen MR) is 126 cm³/mol. The zero-order chi connectivity index (χ0) is 22.5. The van der Waals surface area contributed by atoms with Crippen LogP contribution in [0.4, 0.5) is 5.00 Å². The van der Waals surface area contributed by atoms with E-state index in [1.807, 2.05) is 38.2 Å². The Labute approximate surface area is 193 Å². The summed E-state index contributed by atoms with van der Waals surface area (Å²) in [4.78, 5) is 36.0. The molecule has 7 nitrogen and oxygen atoms in total. The van der Waals surface area contributed by atoms with Crippen LogP contribution in [0, 0.1) is 0 Å². The summed E-state index contributed by atoms with van der Waals surface area (Å²) in [6, 6.07) is 5.72. The molecule has 8 heteroatoms. The molecule has 1 unspecified atom stereocenters. The minimum absolute atomic E-state index is 0.0627. The molecule has 1 saturated heterocycles. The summed E-state index contributed by atoms with van der Waals surface area (Å²) in [7, 11) is 0. The highest BCUT2D eigenvalue weighted by Crippen LogP contribution is 2.38. The van der Waals surface area contributed by atoms with Gasteiger partial charge in [0.1, 0.15) is 5.00 Å². The summed E-state index contributed by atoms with van der Waals surface area (Å²) < 4.78 is 5.31. The Morgan fingerprint density at radius 1 is 1.19 bits per heavy atom. The van der Waals surface area contributed by atoms with Crippen molar-refractivity contribution < 1.29 is 14.3 Å². The predicted octanol–water partition coefficient (Wildman–Crippen LogP) is 3.34. The van der Waals surface area contributed by atoms with Crippen LogP contribution in [0.3, 0.4) is 0 Å². The number of pyridine rings is 1. The molecule has 1 N–H and O–H groups in total. The number of carbonyl (C=O) groups excluding carboxylic acids is 2. The van der Waals surface area contributed by atoms with Crippen LogP contribution < -0.4 is 5.32 Å². The maximum atomic E-state index is 13.1. The number of aryl methyl sites for hydroxylation is 1. The van der Waals surface area contributed by atoms with Gasteiger partial charge in [0.2, 0.25) is 5.91 Å². The van der Waals surface area contributed by atoms with Gasteiger partial charge in [-0.25, -0.2) is 4.79 Å². The van der Waals surface area contributed by atoms with Gasteiger partial charge in [-0.2, -0.15) is 0 Å². The fourth-order valence-corrected chi connectivity index (χ4v) is 5.77. The largest absolute Gasteiger partial charge is 0.462 e. The maximum absolute atomic E-state index is 13.1. The molecule has 0 spiro atoms. The van der Waals surface area contributed by atoms with E-state index >= 15 is 0 Å². The molecule has 3 heterocycles.